The van der Waals surface area contributed by atoms with Crippen molar-refractivity contribution in [3.8, 4) is 11.3 Å². The molecule has 1 heterocycles. The number of aromatic amines is 1. The Labute approximate surface area is 93.0 Å². The summed E-state index contributed by atoms with van der Waals surface area (Å²) < 4.78 is 0. The van der Waals surface area contributed by atoms with Crippen molar-refractivity contribution in [2.24, 2.45) is 0 Å². The summed E-state index contributed by atoms with van der Waals surface area (Å²) in [7, 11) is 0. The predicted molar refractivity (Wildman–Crippen MR) is 60.5 cm³/mol. The molecule has 2 rings (SSSR count). The van der Waals surface area contributed by atoms with Gasteiger partial charge in [0.25, 0.3) is 0 Å². The van der Waals surface area contributed by atoms with E-state index in [-0.39, 0.29) is 5.82 Å². The number of carboxylic acids is 1. The lowest BCUT2D eigenvalue weighted by Crippen LogP contribution is -1.98. The molecule has 0 aliphatic rings. The number of imidazole rings is 1. The molecule has 82 valence electrons. The summed E-state index contributed by atoms with van der Waals surface area (Å²) in [5, 5.41) is 8.78. The van der Waals surface area contributed by atoms with Crippen LogP contribution in [0, 0.1) is 13.8 Å². The molecule has 4 heteroatoms. The number of aromatic nitrogens is 2. The molecule has 0 aliphatic carbocycles. The maximum atomic E-state index is 10.7. The van der Waals surface area contributed by atoms with Crippen LogP contribution in [0.25, 0.3) is 11.3 Å². The van der Waals surface area contributed by atoms with Gasteiger partial charge >= 0.3 is 5.97 Å². The van der Waals surface area contributed by atoms with Gasteiger partial charge in [0.15, 0.2) is 0 Å². The van der Waals surface area contributed by atoms with Crippen LogP contribution in [0.5, 0.6) is 0 Å². The molecule has 0 saturated heterocycles. The van der Waals surface area contributed by atoms with E-state index in [9.17, 15) is 4.79 Å². The minimum absolute atomic E-state index is 0.0316. The Kier molecular flexibility index (Phi) is 2.48. The van der Waals surface area contributed by atoms with Gasteiger partial charge in [0, 0.05) is 5.56 Å². The summed E-state index contributed by atoms with van der Waals surface area (Å²) in [6.07, 6.45) is 1.55. The molecule has 0 bridgehead atoms. The van der Waals surface area contributed by atoms with Crippen LogP contribution < -0.4 is 0 Å². The van der Waals surface area contributed by atoms with E-state index in [1.807, 2.05) is 32.0 Å². The van der Waals surface area contributed by atoms with Crippen LogP contribution in [0.3, 0.4) is 0 Å². The predicted octanol–water partition coefficient (Wildman–Crippen LogP) is 2.39. The number of aromatic carboxylic acids is 1. The van der Waals surface area contributed by atoms with Crippen LogP contribution in [0.4, 0.5) is 0 Å². The average Bonchev–Trinajstić information content (AvgIpc) is 2.70. The zero-order valence-corrected chi connectivity index (χ0v) is 9.11. The largest absolute Gasteiger partial charge is 0.475 e. The molecular formula is C12H12N2O2. The molecule has 0 radical (unpaired) electrons. The van der Waals surface area contributed by atoms with E-state index in [4.69, 9.17) is 5.11 Å². The Hall–Kier alpha value is -2.10. The Balaban J connectivity index is 2.50. The molecule has 0 atom stereocenters. The molecular weight excluding hydrogens is 204 g/mol. The normalized spacial score (nSPS) is 10.4. The Morgan fingerprint density at radius 3 is 2.75 bits per heavy atom. The number of carbonyl (C=O) groups is 1. The van der Waals surface area contributed by atoms with Crippen molar-refractivity contribution in [2.75, 3.05) is 0 Å². The average molecular weight is 216 g/mol. The van der Waals surface area contributed by atoms with Gasteiger partial charge in [0.1, 0.15) is 0 Å². The monoisotopic (exact) mass is 216 g/mol. The first-order chi connectivity index (χ1) is 7.58. The number of hydrogen-bond acceptors (Lipinski definition) is 2. The SMILES string of the molecule is Cc1ccc(C)c(-c2cnc(C(=O)O)[nH]2)c1. The smallest absolute Gasteiger partial charge is 0.371 e. The quantitative estimate of drug-likeness (QED) is 0.810. The summed E-state index contributed by atoms with van der Waals surface area (Å²) in [6, 6.07) is 6.04. The third kappa shape index (κ3) is 1.82. The van der Waals surface area contributed by atoms with E-state index < -0.39 is 5.97 Å². The first-order valence-electron chi connectivity index (χ1n) is 4.94. The molecule has 16 heavy (non-hydrogen) atoms. The molecule has 0 spiro atoms. The van der Waals surface area contributed by atoms with Crippen molar-refractivity contribution in [3.05, 3.63) is 41.3 Å². The summed E-state index contributed by atoms with van der Waals surface area (Å²) >= 11 is 0. The number of aryl methyl sites for hydroxylation is 2. The molecule has 0 unspecified atom stereocenters. The molecule has 4 nitrogen and oxygen atoms in total. The van der Waals surface area contributed by atoms with Crippen molar-refractivity contribution < 1.29 is 9.90 Å². The topological polar surface area (TPSA) is 66.0 Å². The zero-order chi connectivity index (χ0) is 11.7. The lowest BCUT2D eigenvalue weighted by atomic mass is 10.0. The van der Waals surface area contributed by atoms with E-state index in [0.29, 0.717) is 0 Å². The fourth-order valence-electron chi connectivity index (χ4n) is 1.59. The van der Waals surface area contributed by atoms with Crippen LogP contribution >= 0.6 is 0 Å². The number of benzene rings is 1. The van der Waals surface area contributed by atoms with Gasteiger partial charge in [-0.05, 0) is 25.5 Å². The maximum Gasteiger partial charge on any atom is 0.371 e. The van der Waals surface area contributed by atoms with E-state index in [0.717, 1.165) is 22.4 Å². The lowest BCUT2D eigenvalue weighted by Gasteiger charge is -2.03. The van der Waals surface area contributed by atoms with Crippen molar-refractivity contribution in [1.29, 1.82) is 0 Å². The molecule has 2 aromatic rings. The summed E-state index contributed by atoms with van der Waals surface area (Å²) in [4.78, 5) is 17.3. The first kappa shape index (κ1) is 10.4. The van der Waals surface area contributed by atoms with Crippen molar-refractivity contribution in [3.63, 3.8) is 0 Å². The number of rotatable bonds is 2. The fourth-order valence-corrected chi connectivity index (χ4v) is 1.59. The standard InChI is InChI=1S/C12H12N2O2/c1-7-3-4-8(2)9(5-7)10-6-13-11(14-10)12(15)16/h3-6H,1-2H3,(H,13,14)(H,15,16). The van der Waals surface area contributed by atoms with Gasteiger partial charge in [-0.3, -0.25) is 0 Å². The molecule has 0 aliphatic heterocycles. The van der Waals surface area contributed by atoms with Gasteiger partial charge in [0.2, 0.25) is 5.82 Å². The van der Waals surface area contributed by atoms with Crippen LogP contribution in [0.15, 0.2) is 24.4 Å². The van der Waals surface area contributed by atoms with Crippen molar-refractivity contribution in [2.45, 2.75) is 13.8 Å². The fraction of sp³-hybridized carbons (Fsp3) is 0.167. The van der Waals surface area contributed by atoms with Gasteiger partial charge in [-0.25, -0.2) is 9.78 Å². The minimum Gasteiger partial charge on any atom is -0.475 e. The Morgan fingerprint density at radius 2 is 2.12 bits per heavy atom. The highest BCUT2D eigenvalue weighted by molar-refractivity contribution is 5.84. The highest BCUT2D eigenvalue weighted by atomic mass is 16.4. The summed E-state index contributed by atoms with van der Waals surface area (Å²) in [5.74, 6) is -1.08. The second-order valence-electron chi connectivity index (χ2n) is 3.77. The number of carboxylic acid groups (broad SMARTS) is 1. The molecule has 0 saturated carbocycles. The maximum absolute atomic E-state index is 10.7. The van der Waals surface area contributed by atoms with Gasteiger partial charge in [0.05, 0.1) is 11.9 Å². The molecule has 1 aromatic carbocycles. The van der Waals surface area contributed by atoms with E-state index in [2.05, 4.69) is 9.97 Å². The Morgan fingerprint density at radius 1 is 1.38 bits per heavy atom. The van der Waals surface area contributed by atoms with Crippen LogP contribution in [-0.2, 0) is 0 Å². The highest BCUT2D eigenvalue weighted by Gasteiger charge is 2.10. The second kappa shape index (κ2) is 3.81. The van der Waals surface area contributed by atoms with Crippen LogP contribution in [0.2, 0.25) is 0 Å². The van der Waals surface area contributed by atoms with E-state index in [1.165, 1.54) is 0 Å². The molecule has 1 aromatic heterocycles. The summed E-state index contributed by atoms with van der Waals surface area (Å²) in [6.45, 7) is 3.98. The first-order valence-corrected chi connectivity index (χ1v) is 4.94. The molecule has 0 amide bonds. The zero-order valence-electron chi connectivity index (χ0n) is 9.11. The minimum atomic E-state index is -1.04. The van der Waals surface area contributed by atoms with Crippen LogP contribution in [0.1, 0.15) is 21.7 Å². The third-order valence-corrected chi connectivity index (χ3v) is 2.46. The molecule has 2 N–H and O–H groups in total. The number of hydrogen-bond donors (Lipinski definition) is 2. The second-order valence-corrected chi connectivity index (χ2v) is 3.77. The molecule has 0 fully saturated rings. The van der Waals surface area contributed by atoms with Gasteiger partial charge in [-0.1, -0.05) is 17.7 Å². The number of H-pyrrole nitrogens is 1. The van der Waals surface area contributed by atoms with Gasteiger partial charge in [-0.2, -0.15) is 0 Å². The number of nitrogens with zero attached hydrogens (tertiary/aromatic N) is 1. The van der Waals surface area contributed by atoms with E-state index >= 15 is 0 Å². The summed E-state index contributed by atoms with van der Waals surface area (Å²) in [5.41, 5.74) is 3.94. The van der Waals surface area contributed by atoms with E-state index in [1.54, 1.807) is 6.20 Å². The third-order valence-electron chi connectivity index (χ3n) is 2.46. The van der Waals surface area contributed by atoms with Crippen molar-refractivity contribution >= 4 is 5.97 Å². The lowest BCUT2D eigenvalue weighted by molar-refractivity contribution is 0.0685. The number of nitrogens with one attached hydrogen (secondary N) is 1. The van der Waals surface area contributed by atoms with Crippen molar-refractivity contribution in [1.82, 2.24) is 9.97 Å². The van der Waals surface area contributed by atoms with Crippen LogP contribution in [-0.4, -0.2) is 21.0 Å². The highest BCUT2D eigenvalue weighted by Crippen LogP contribution is 2.22. The Bertz CT molecular complexity index is 544. The van der Waals surface area contributed by atoms with Gasteiger partial charge in [-0.15, -0.1) is 0 Å². The van der Waals surface area contributed by atoms with Gasteiger partial charge < -0.3 is 10.1 Å².